The number of nitrogens with zero attached hydrogens (tertiary/aromatic N) is 4. The Morgan fingerprint density at radius 2 is 1.82 bits per heavy atom. The normalized spacial score (nSPS) is 24.3. The van der Waals surface area contributed by atoms with Gasteiger partial charge in [-0.05, 0) is 6.92 Å². The molecule has 3 heterocycles. The maximum Gasteiger partial charge on any atom is 0.303 e. The van der Waals surface area contributed by atoms with Crippen molar-refractivity contribution in [2.45, 2.75) is 51.7 Å². The summed E-state index contributed by atoms with van der Waals surface area (Å²) < 4.78 is 18.1. The lowest BCUT2D eigenvalue weighted by Crippen LogP contribution is -2.39. The largest absolute Gasteiger partial charge is 0.456 e. The Morgan fingerprint density at radius 3 is 2.43 bits per heavy atom. The fourth-order valence-corrected chi connectivity index (χ4v) is 3.33. The summed E-state index contributed by atoms with van der Waals surface area (Å²) in [4.78, 5) is 47.0. The van der Waals surface area contributed by atoms with Gasteiger partial charge in [0.05, 0.1) is 6.33 Å². The van der Waals surface area contributed by atoms with Gasteiger partial charge in [-0.15, -0.1) is 0 Å². The monoisotopic (exact) mass is 411 g/mol. The van der Waals surface area contributed by atoms with E-state index in [-0.39, 0.29) is 34.5 Å². The van der Waals surface area contributed by atoms with Gasteiger partial charge in [0.25, 0.3) is 0 Å². The predicted molar refractivity (Wildman–Crippen MR) is 95.1 cm³/mol. The standard InChI is InChI=1S/C16H18ClN5O6/c1-6(23)4-9-11(26-7(2)24)12(27-8(3)25)15(28-9)22-5-19-10-13(17)20-16(18)21-14(10)22/h5,9,11-12,15H,4H2,1-3H3,(H2,18,20,21)/t9-,11-,12-,15-/m1/s1. The van der Waals surface area contributed by atoms with Crippen molar-refractivity contribution >= 4 is 46.4 Å². The first-order valence-electron chi connectivity index (χ1n) is 8.32. The number of ether oxygens (including phenoxy) is 3. The summed E-state index contributed by atoms with van der Waals surface area (Å²) >= 11 is 6.05. The van der Waals surface area contributed by atoms with Crippen molar-refractivity contribution in [2.75, 3.05) is 5.73 Å². The topological polar surface area (TPSA) is 149 Å². The number of aromatic nitrogens is 4. The SMILES string of the molecule is CC(=O)C[C@H]1O[C@@H](n2cnc3c(Cl)nc(N)nc32)[C@H](OC(C)=O)[C@@H]1OC(C)=O. The Bertz CT molecular complexity index is 947. The van der Waals surface area contributed by atoms with E-state index in [2.05, 4.69) is 15.0 Å². The molecule has 0 spiro atoms. The third kappa shape index (κ3) is 3.90. The zero-order valence-corrected chi connectivity index (χ0v) is 16.0. The van der Waals surface area contributed by atoms with Crippen molar-refractivity contribution in [1.29, 1.82) is 0 Å². The number of rotatable bonds is 5. The van der Waals surface area contributed by atoms with Crippen LogP contribution in [-0.4, -0.2) is 55.6 Å². The fourth-order valence-electron chi connectivity index (χ4n) is 3.11. The minimum absolute atomic E-state index is 0.0418. The number of hydrogen-bond donors (Lipinski definition) is 1. The molecule has 0 aliphatic carbocycles. The molecule has 0 radical (unpaired) electrons. The molecule has 2 N–H and O–H groups in total. The first-order valence-corrected chi connectivity index (χ1v) is 8.70. The van der Waals surface area contributed by atoms with Gasteiger partial charge in [0.1, 0.15) is 17.4 Å². The average molecular weight is 412 g/mol. The number of hydrogen-bond acceptors (Lipinski definition) is 10. The molecule has 1 fully saturated rings. The third-order valence-corrected chi connectivity index (χ3v) is 4.31. The van der Waals surface area contributed by atoms with Crippen LogP contribution in [0.25, 0.3) is 11.2 Å². The van der Waals surface area contributed by atoms with E-state index in [1.54, 1.807) is 0 Å². The molecular weight excluding hydrogens is 394 g/mol. The van der Waals surface area contributed by atoms with Gasteiger partial charge >= 0.3 is 11.9 Å². The number of carbonyl (C=O) groups is 3. The molecule has 3 rings (SSSR count). The molecule has 1 aliphatic rings. The molecule has 0 unspecified atom stereocenters. The lowest BCUT2D eigenvalue weighted by molar-refractivity contribution is -0.165. The molecule has 4 atom stereocenters. The second-order valence-corrected chi connectivity index (χ2v) is 6.67. The van der Waals surface area contributed by atoms with Crippen molar-refractivity contribution in [3.05, 3.63) is 11.5 Å². The molecule has 2 aromatic heterocycles. The number of carbonyl (C=O) groups excluding carboxylic acids is 3. The van der Waals surface area contributed by atoms with Gasteiger partial charge in [0.2, 0.25) is 5.95 Å². The Balaban J connectivity index is 2.08. The quantitative estimate of drug-likeness (QED) is 0.552. The summed E-state index contributed by atoms with van der Waals surface area (Å²) in [5, 5.41) is 0.0418. The number of nitrogen functional groups attached to an aromatic ring is 1. The third-order valence-electron chi connectivity index (χ3n) is 4.05. The molecule has 150 valence electrons. The number of ketones is 1. The van der Waals surface area contributed by atoms with E-state index >= 15 is 0 Å². The van der Waals surface area contributed by atoms with Gasteiger partial charge in [-0.3, -0.25) is 19.0 Å². The second kappa shape index (κ2) is 7.68. The minimum Gasteiger partial charge on any atom is -0.456 e. The van der Waals surface area contributed by atoms with Gasteiger partial charge in [0.15, 0.2) is 29.2 Å². The Hall–Kier alpha value is -2.79. The molecule has 12 heteroatoms. The van der Waals surface area contributed by atoms with Crippen LogP contribution in [-0.2, 0) is 28.6 Å². The first kappa shape index (κ1) is 20.0. The van der Waals surface area contributed by atoms with Crippen molar-refractivity contribution < 1.29 is 28.6 Å². The number of anilines is 1. The average Bonchev–Trinajstić information content (AvgIpc) is 3.09. The summed E-state index contributed by atoms with van der Waals surface area (Å²) in [7, 11) is 0. The lowest BCUT2D eigenvalue weighted by atomic mass is 10.1. The number of imidazole rings is 1. The minimum atomic E-state index is -1.04. The Kier molecular flexibility index (Phi) is 5.47. The van der Waals surface area contributed by atoms with E-state index in [0.717, 1.165) is 0 Å². The highest BCUT2D eigenvalue weighted by Gasteiger charge is 2.50. The maximum absolute atomic E-state index is 11.7. The van der Waals surface area contributed by atoms with Crippen LogP contribution < -0.4 is 5.73 Å². The molecule has 1 aliphatic heterocycles. The van der Waals surface area contributed by atoms with Crippen LogP contribution in [0.4, 0.5) is 5.95 Å². The van der Waals surface area contributed by atoms with Crippen molar-refractivity contribution in [1.82, 2.24) is 19.5 Å². The van der Waals surface area contributed by atoms with Gasteiger partial charge in [-0.1, -0.05) is 11.6 Å². The van der Waals surface area contributed by atoms with Crippen molar-refractivity contribution in [2.24, 2.45) is 0 Å². The van der Waals surface area contributed by atoms with Crippen LogP contribution in [0.1, 0.15) is 33.4 Å². The summed E-state index contributed by atoms with van der Waals surface area (Å²) in [6.45, 7) is 3.80. The fraction of sp³-hybridized carbons (Fsp3) is 0.500. The molecule has 28 heavy (non-hydrogen) atoms. The van der Waals surface area contributed by atoms with Crippen LogP contribution >= 0.6 is 11.6 Å². The molecule has 11 nitrogen and oxygen atoms in total. The zero-order valence-electron chi connectivity index (χ0n) is 15.3. The van der Waals surface area contributed by atoms with Crippen LogP contribution in [0, 0.1) is 0 Å². The van der Waals surface area contributed by atoms with Crippen LogP contribution in [0.15, 0.2) is 6.33 Å². The maximum atomic E-state index is 11.7. The number of Topliss-reactive ketones (excluding diaryl/α,β-unsaturated/α-hetero) is 1. The second-order valence-electron chi connectivity index (χ2n) is 6.32. The van der Waals surface area contributed by atoms with E-state index < -0.39 is 36.5 Å². The lowest BCUT2D eigenvalue weighted by Gasteiger charge is -2.23. The van der Waals surface area contributed by atoms with E-state index in [1.165, 1.54) is 31.7 Å². The van der Waals surface area contributed by atoms with Gasteiger partial charge in [-0.2, -0.15) is 9.97 Å². The zero-order chi connectivity index (χ0) is 20.6. The molecule has 0 amide bonds. The molecule has 0 bridgehead atoms. The highest BCUT2D eigenvalue weighted by molar-refractivity contribution is 6.33. The molecule has 0 aromatic carbocycles. The summed E-state index contributed by atoms with van der Waals surface area (Å²) in [5.41, 5.74) is 6.17. The molecular formula is C16H18ClN5O6. The predicted octanol–water partition coefficient (Wildman–Crippen LogP) is 0.802. The first-order chi connectivity index (χ1) is 13.2. The van der Waals surface area contributed by atoms with Crippen LogP contribution in [0.2, 0.25) is 5.15 Å². The molecule has 2 aromatic rings. The van der Waals surface area contributed by atoms with Crippen LogP contribution in [0.3, 0.4) is 0 Å². The molecule has 0 saturated carbocycles. The highest BCUT2D eigenvalue weighted by atomic mass is 35.5. The Morgan fingerprint density at radius 1 is 1.18 bits per heavy atom. The number of fused-ring (bicyclic) bond motifs is 1. The van der Waals surface area contributed by atoms with Crippen LogP contribution in [0.5, 0.6) is 0 Å². The highest BCUT2D eigenvalue weighted by Crippen LogP contribution is 2.37. The van der Waals surface area contributed by atoms with E-state index in [0.29, 0.717) is 0 Å². The smallest absolute Gasteiger partial charge is 0.303 e. The van der Waals surface area contributed by atoms with Gasteiger partial charge < -0.3 is 19.9 Å². The van der Waals surface area contributed by atoms with E-state index in [4.69, 9.17) is 31.5 Å². The summed E-state index contributed by atoms with van der Waals surface area (Å²) in [5.74, 6) is -1.49. The van der Waals surface area contributed by atoms with E-state index in [9.17, 15) is 14.4 Å². The molecule has 1 saturated heterocycles. The van der Waals surface area contributed by atoms with Gasteiger partial charge in [-0.25, -0.2) is 4.98 Å². The number of esters is 2. The number of nitrogens with two attached hydrogens (primary N) is 1. The van der Waals surface area contributed by atoms with Gasteiger partial charge in [0, 0.05) is 20.3 Å². The summed E-state index contributed by atoms with van der Waals surface area (Å²) in [6.07, 6.45) is -2.53. The number of halogens is 1. The van der Waals surface area contributed by atoms with Crippen molar-refractivity contribution in [3.63, 3.8) is 0 Å². The Labute approximate surface area is 164 Å². The van der Waals surface area contributed by atoms with E-state index in [1.807, 2.05) is 0 Å². The van der Waals surface area contributed by atoms with Crippen molar-refractivity contribution in [3.8, 4) is 0 Å². The summed E-state index contributed by atoms with van der Waals surface area (Å²) in [6, 6.07) is 0.